The van der Waals surface area contributed by atoms with Gasteiger partial charge in [-0.2, -0.15) is 0 Å². The van der Waals surface area contributed by atoms with Crippen molar-refractivity contribution in [3.63, 3.8) is 0 Å². The Kier molecular flexibility index (Phi) is 4.39. The van der Waals surface area contributed by atoms with Crippen molar-refractivity contribution in [2.24, 2.45) is 5.41 Å². The minimum absolute atomic E-state index is 0.215. The minimum Gasteiger partial charge on any atom is -0.380 e. The van der Waals surface area contributed by atoms with E-state index in [0.29, 0.717) is 5.92 Å². The number of aliphatic hydroxyl groups is 1. The van der Waals surface area contributed by atoms with E-state index in [9.17, 15) is 5.11 Å². The van der Waals surface area contributed by atoms with Crippen LogP contribution in [0.4, 0.5) is 0 Å². The molecular weight excluding hydrogens is 350 g/mol. The Hall–Kier alpha value is -1.16. The van der Waals surface area contributed by atoms with Crippen LogP contribution in [0.3, 0.4) is 0 Å². The van der Waals surface area contributed by atoms with Crippen LogP contribution in [0.15, 0.2) is 53.0 Å². The molecule has 1 aliphatic heterocycles. The molecule has 2 nitrogen and oxygen atoms in total. The number of nitrogens with one attached hydrogen (secondary N) is 1. The Morgan fingerprint density at radius 3 is 2.22 bits per heavy atom. The molecule has 0 aromatic heterocycles. The van der Waals surface area contributed by atoms with Crippen molar-refractivity contribution >= 4 is 15.9 Å². The van der Waals surface area contributed by atoms with Gasteiger partial charge in [0.05, 0.1) is 0 Å². The molecule has 0 aliphatic carbocycles. The molecule has 0 unspecified atom stereocenters. The van der Waals surface area contributed by atoms with Gasteiger partial charge in [-0.25, -0.2) is 0 Å². The topological polar surface area (TPSA) is 32.3 Å². The van der Waals surface area contributed by atoms with Gasteiger partial charge in [-0.15, -0.1) is 0 Å². The fourth-order valence-electron chi connectivity index (χ4n) is 3.44. The minimum atomic E-state index is -1.00. The molecule has 0 radical (unpaired) electrons. The lowest BCUT2D eigenvalue weighted by Crippen LogP contribution is -2.63. The van der Waals surface area contributed by atoms with Crippen LogP contribution in [-0.4, -0.2) is 18.2 Å². The zero-order chi connectivity index (χ0) is 16.7. The van der Waals surface area contributed by atoms with Crippen LogP contribution in [0.1, 0.15) is 43.4 Å². The van der Waals surface area contributed by atoms with Gasteiger partial charge in [-0.05, 0) is 34.7 Å². The summed E-state index contributed by atoms with van der Waals surface area (Å²) < 4.78 is 0.989. The maximum Gasteiger partial charge on any atom is 0.122 e. The molecule has 0 amide bonds. The molecule has 0 bridgehead atoms. The first-order valence-electron chi connectivity index (χ1n) is 8.16. The molecule has 23 heavy (non-hydrogen) atoms. The molecule has 1 atom stereocenters. The highest BCUT2D eigenvalue weighted by Gasteiger charge is 2.53. The van der Waals surface area contributed by atoms with Gasteiger partial charge in [-0.3, -0.25) is 0 Å². The summed E-state index contributed by atoms with van der Waals surface area (Å²) >= 11 is 3.54. The van der Waals surface area contributed by atoms with Gasteiger partial charge in [0.25, 0.3) is 0 Å². The summed E-state index contributed by atoms with van der Waals surface area (Å²) in [7, 11) is 0. The molecule has 2 aromatic rings. The Balaban J connectivity index is 2.12. The van der Waals surface area contributed by atoms with E-state index in [-0.39, 0.29) is 5.41 Å². The Morgan fingerprint density at radius 2 is 1.74 bits per heavy atom. The maximum atomic E-state index is 11.8. The maximum absolute atomic E-state index is 11.8. The molecule has 1 fully saturated rings. The summed E-state index contributed by atoms with van der Waals surface area (Å²) in [6, 6.07) is 16.5. The van der Waals surface area contributed by atoms with Crippen molar-refractivity contribution in [3.05, 3.63) is 69.7 Å². The molecule has 3 rings (SSSR count). The number of halogens is 1. The second-order valence-electron chi connectivity index (χ2n) is 7.16. The lowest BCUT2D eigenvalue weighted by atomic mass is 9.62. The zero-order valence-electron chi connectivity index (χ0n) is 13.9. The SMILES string of the molecule is CC(C)c1ccc([C@](O)(c2cccc(Br)c2)C2(C)CNC2)cc1. The second kappa shape index (κ2) is 6.04. The van der Waals surface area contributed by atoms with E-state index in [0.717, 1.165) is 28.7 Å². The van der Waals surface area contributed by atoms with E-state index < -0.39 is 5.60 Å². The van der Waals surface area contributed by atoms with E-state index in [1.165, 1.54) is 5.56 Å². The van der Waals surface area contributed by atoms with Gasteiger partial charge in [0, 0.05) is 23.0 Å². The van der Waals surface area contributed by atoms with Crippen LogP contribution < -0.4 is 5.32 Å². The predicted molar refractivity (Wildman–Crippen MR) is 98.6 cm³/mol. The lowest BCUT2D eigenvalue weighted by molar-refractivity contribution is -0.0767. The van der Waals surface area contributed by atoms with Crippen molar-refractivity contribution in [1.82, 2.24) is 5.32 Å². The van der Waals surface area contributed by atoms with Crippen molar-refractivity contribution < 1.29 is 5.11 Å². The van der Waals surface area contributed by atoms with Crippen molar-refractivity contribution in [3.8, 4) is 0 Å². The first-order valence-corrected chi connectivity index (χ1v) is 8.96. The number of hydrogen-bond acceptors (Lipinski definition) is 2. The van der Waals surface area contributed by atoms with Crippen molar-refractivity contribution in [2.75, 3.05) is 13.1 Å². The molecule has 1 saturated heterocycles. The van der Waals surface area contributed by atoms with E-state index >= 15 is 0 Å². The van der Waals surface area contributed by atoms with Crippen molar-refractivity contribution in [2.45, 2.75) is 32.3 Å². The molecule has 3 heteroatoms. The van der Waals surface area contributed by atoms with E-state index in [1.807, 2.05) is 24.3 Å². The second-order valence-corrected chi connectivity index (χ2v) is 8.08. The van der Waals surface area contributed by atoms with E-state index in [4.69, 9.17) is 0 Å². The lowest BCUT2D eigenvalue weighted by Gasteiger charge is -2.52. The highest BCUT2D eigenvalue weighted by molar-refractivity contribution is 9.10. The zero-order valence-corrected chi connectivity index (χ0v) is 15.5. The molecule has 0 spiro atoms. The fraction of sp³-hybridized carbons (Fsp3) is 0.400. The largest absolute Gasteiger partial charge is 0.380 e. The molecular formula is C20H24BrNO. The summed E-state index contributed by atoms with van der Waals surface area (Å²) in [5.41, 5.74) is 1.98. The van der Waals surface area contributed by atoms with Crippen LogP contribution in [0.2, 0.25) is 0 Å². The number of rotatable bonds is 4. The summed E-state index contributed by atoms with van der Waals surface area (Å²) in [6.45, 7) is 8.14. The fourth-order valence-corrected chi connectivity index (χ4v) is 3.84. The van der Waals surface area contributed by atoms with Gasteiger partial charge in [-0.1, -0.05) is 73.1 Å². The van der Waals surface area contributed by atoms with Gasteiger partial charge in [0.2, 0.25) is 0 Å². The Bertz CT molecular complexity index is 691. The van der Waals surface area contributed by atoms with Crippen LogP contribution in [0.25, 0.3) is 0 Å². The van der Waals surface area contributed by atoms with Gasteiger partial charge in [0.1, 0.15) is 5.60 Å². The molecule has 2 aromatic carbocycles. The smallest absolute Gasteiger partial charge is 0.122 e. The highest BCUT2D eigenvalue weighted by Crippen LogP contribution is 2.48. The first-order chi connectivity index (χ1) is 10.9. The van der Waals surface area contributed by atoms with Crippen LogP contribution in [0, 0.1) is 5.41 Å². The van der Waals surface area contributed by atoms with Gasteiger partial charge in [0.15, 0.2) is 0 Å². The third kappa shape index (κ3) is 2.75. The molecule has 2 N–H and O–H groups in total. The van der Waals surface area contributed by atoms with Gasteiger partial charge >= 0.3 is 0 Å². The number of benzene rings is 2. The number of hydrogen-bond donors (Lipinski definition) is 2. The molecule has 1 aliphatic rings. The van der Waals surface area contributed by atoms with Crippen molar-refractivity contribution in [1.29, 1.82) is 0 Å². The van der Waals surface area contributed by atoms with Crippen LogP contribution >= 0.6 is 15.9 Å². The monoisotopic (exact) mass is 373 g/mol. The quantitative estimate of drug-likeness (QED) is 0.831. The average molecular weight is 374 g/mol. The standard InChI is InChI=1S/C20H24BrNO/c1-14(2)15-7-9-16(10-8-15)20(23,19(3)12-22-13-19)17-5-4-6-18(21)11-17/h4-11,14,22-23H,12-13H2,1-3H3/t20-/m0/s1. The third-order valence-corrected chi connectivity index (χ3v) is 5.63. The van der Waals surface area contributed by atoms with Crippen LogP contribution in [-0.2, 0) is 5.60 Å². The average Bonchev–Trinajstić information content (AvgIpc) is 2.52. The molecule has 1 heterocycles. The van der Waals surface area contributed by atoms with Gasteiger partial charge < -0.3 is 10.4 Å². The van der Waals surface area contributed by atoms with E-state index in [2.05, 4.69) is 66.3 Å². The Morgan fingerprint density at radius 1 is 1.09 bits per heavy atom. The third-order valence-electron chi connectivity index (χ3n) is 5.14. The summed E-state index contributed by atoms with van der Waals surface area (Å²) in [5.74, 6) is 0.490. The van der Waals surface area contributed by atoms with Crippen LogP contribution in [0.5, 0.6) is 0 Å². The molecule has 0 saturated carbocycles. The highest BCUT2D eigenvalue weighted by atomic mass is 79.9. The van der Waals surface area contributed by atoms with E-state index in [1.54, 1.807) is 0 Å². The molecule has 122 valence electrons. The normalized spacial score (nSPS) is 19.2. The summed E-state index contributed by atoms with van der Waals surface area (Å²) in [6.07, 6.45) is 0. The summed E-state index contributed by atoms with van der Waals surface area (Å²) in [4.78, 5) is 0. The first kappa shape index (κ1) is 16.7. The summed E-state index contributed by atoms with van der Waals surface area (Å²) in [5, 5.41) is 15.1. The Labute approximate surface area is 147 Å². The predicted octanol–water partition coefficient (Wildman–Crippen LogP) is 4.42.